The first-order chi connectivity index (χ1) is 33.5. The van der Waals surface area contributed by atoms with Crippen molar-refractivity contribution in [2.45, 2.75) is 136 Å². The van der Waals surface area contributed by atoms with Crippen LogP contribution in [0.15, 0.2) is 46.1 Å². The number of ketones is 1. The molecule has 2 fully saturated rings. The fraction of sp³-hybridized carbons (Fsp3) is 0.623. The van der Waals surface area contributed by atoms with Gasteiger partial charge in [0.05, 0.1) is 41.2 Å². The maximum absolute atomic E-state index is 14.9. The SMILES string of the molecule is CO[C@H]1/C=C/O[C@@]2(C)Oc3c(C)c(O)c4c(O)c(c5c(c4c3C2=O)NC2(CCN(CC(C)C)CC2)N=5)=NC(=O)/C(C)=C\C=C\[C@H](C)[C@H](O)[C@@H](C)[C@@H](O)[C@@H](C)[C@H](OC(=O)CC(=O)NC2CCN(C)CC2)[C@@H]1C. The third-order valence-corrected chi connectivity index (χ3v) is 15.3. The lowest BCUT2D eigenvalue weighted by Crippen LogP contribution is -2.47. The molecule has 6 heterocycles. The average molecular weight is 987 g/mol. The number of phenols is 2. The van der Waals surface area contributed by atoms with Gasteiger partial charge >= 0.3 is 11.8 Å². The minimum atomic E-state index is -2.01. The van der Waals surface area contributed by atoms with E-state index in [1.165, 1.54) is 32.4 Å². The summed E-state index contributed by atoms with van der Waals surface area (Å²) in [7, 11) is 3.46. The van der Waals surface area contributed by atoms with Crippen LogP contribution in [-0.4, -0.2) is 143 Å². The van der Waals surface area contributed by atoms with E-state index in [0.717, 1.165) is 32.5 Å². The summed E-state index contributed by atoms with van der Waals surface area (Å²) in [6.07, 6.45) is 5.39. The summed E-state index contributed by atoms with van der Waals surface area (Å²) in [4.78, 5) is 69.8. The van der Waals surface area contributed by atoms with E-state index in [1.54, 1.807) is 53.7 Å². The summed E-state index contributed by atoms with van der Waals surface area (Å²) in [5, 5.41) is 54.2. The Hall–Kier alpha value is -5.40. The van der Waals surface area contributed by atoms with Crippen LogP contribution in [0.3, 0.4) is 0 Å². The van der Waals surface area contributed by atoms with Gasteiger partial charge in [-0.3, -0.25) is 24.2 Å². The van der Waals surface area contributed by atoms with Gasteiger partial charge in [0.2, 0.25) is 5.91 Å². The van der Waals surface area contributed by atoms with Crippen LogP contribution >= 0.6 is 0 Å². The molecule has 18 nitrogen and oxygen atoms in total. The third-order valence-electron chi connectivity index (χ3n) is 15.3. The number of likely N-dealkylation sites (tertiary alicyclic amines) is 2. The first kappa shape index (κ1) is 53.4. The van der Waals surface area contributed by atoms with E-state index in [2.05, 4.69) is 39.3 Å². The Balaban J connectivity index is 1.30. The molecule has 2 amide bonds. The number of amides is 2. The first-order valence-electron chi connectivity index (χ1n) is 25.1. The molecule has 1 spiro atoms. The van der Waals surface area contributed by atoms with Crippen LogP contribution in [0.2, 0.25) is 0 Å². The molecule has 6 aliphatic heterocycles. The predicted octanol–water partition coefficient (Wildman–Crippen LogP) is 4.33. The van der Waals surface area contributed by atoms with Crippen molar-refractivity contribution in [3.05, 3.63) is 58.0 Å². The van der Waals surface area contributed by atoms with E-state index in [1.807, 2.05) is 7.05 Å². The number of allylic oxidation sites excluding steroid dienone is 2. The number of aliphatic hydroxyl groups is 2. The molecule has 6 aliphatic rings. The van der Waals surface area contributed by atoms with Crippen LogP contribution in [0, 0.1) is 36.5 Å². The number of esters is 1. The van der Waals surface area contributed by atoms with Crippen LogP contribution in [0.5, 0.6) is 17.2 Å². The fourth-order valence-corrected chi connectivity index (χ4v) is 10.8. The summed E-state index contributed by atoms with van der Waals surface area (Å²) < 4.78 is 24.5. The number of hydrogen-bond donors (Lipinski definition) is 6. The molecule has 0 aromatic heterocycles. The molecule has 0 aliphatic carbocycles. The molecule has 0 radical (unpaired) electrons. The van der Waals surface area contributed by atoms with Gasteiger partial charge in [0.25, 0.3) is 11.7 Å². The lowest BCUT2D eigenvalue weighted by atomic mass is 9.78. The standard InChI is InChI=1S/C53H74N6O12/c1-27(2)26-59-22-18-53(19-23-59)56-41-38-39-46(64)33(8)49-40(38)50(66)52(9,71-49)69-24-17-35(68-11)30(5)48(70-37(61)25-36(60)54-34-15-20-58(10)21-16-34)32(7)45(63)31(6)44(62)28(3)13-12-14-29(4)51(67)55-43(47(39)65)42(41)57-53/h12-14,17,24,27-28,30-32,34-35,44-45,48,56,62-65H,15-16,18-23,25-26H2,1-11H3,(H,54,60)/b13-12+,24-17+,29-14-,55-43?/t28-,30+,31+,32+,35-,44-,45+,48+,52-/m0/s1. The van der Waals surface area contributed by atoms with Crippen molar-refractivity contribution in [3.63, 3.8) is 0 Å². The Kier molecular flexibility index (Phi) is 16.1. The minimum Gasteiger partial charge on any atom is -0.507 e. The van der Waals surface area contributed by atoms with Crippen LogP contribution < -0.4 is 26.1 Å². The van der Waals surface area contributed by atoms with Gasteiger partial charge in [0, 0.05) is 92.7 Å². The Morgan fingerprint density at radius 3 is 2.27 bits per heavy atom. The highest BCUT2D eigenvalue weighted by Crippen LogP contribution is 2.51. The monoisotopic (exact) mass is 987 g/mol. The smallest absolute Gasteiger partial charge is 0.315 e. The van der Waals surface area contributed by atoms with Gasteiger partial charge in [-0.25, -0.2) is 4.99 Å². The zero-order valence-corrected chi connectivity index (χ0v) is 43.1. The van der Waals surface area contributed by atoms with Gasteiger partial charge in [-0.05, 0) is 58.8 Å². The molecule has 0 unspecified atom stereocenters. The molecule has 2 aromatic carbocycles. The average Bonchev–Trinajstić information content (AvgIpc) is 3.83. The van der Waals surface area contributed by atoms with Gasteiger partial charge in [-0.1, -0.05) is 59.8 Å². The number of fused-ring (bicyclic) bond motifs is 13. The van der Waals surface area contributed by atoms with Crippen molar-refractivity contribution in [3.8, 4) is 17.2 Å². The van der Waals surface area contributed by atoms with Gasteiger partial charge in [-0.2, -0.15) is 0 Å². The minimum absolute atomic E-state index is 0.0278. The first-order valence-corrected chi connectivity index (χ1v) is 25.1. The number of nitrogens with zero attached hydrogens (tertiary/aromatic N) is 4. The van der Waals surface area contributed by atoms with Crippen LogP contribution in [0.1, 0.15) is 103 Å². The second kappa shape index (κ2) is 21.4. The molecule has 0 saturated carbocycles. The van der Waals surface area contributed by atoms with Crippen molar-refractivity contribution < 1.29 is 58.6 Å². The maximum atomic E-state index is 14.9. The number of hydrogen-bond acceptors (Lipinski definition) is 16. The fourth-order valence-electron chi connectivity index (χ4n) is 10.8. The largest absolute Gasteiger partial charge is 0.507 e. The quantitative estimate of drug-likeness (QED) is 0.129. The van der Waals surface area contributed by atoms with Crippen LogP contribution in [0.25, 0.3) is 10.8 Å². The summed E-state index contributed by atoms with van der Waals surface area (Å²) in [5.74, 6) is -7.92. The number of Topliss-reactive ketones (excluding diaryl/α,β-unsaturated/α-hetero) is 1. The molecule has 18 heteroatoms. The highest BCUT2D eigenvalue weighted by atomic mass is 16.7. The van der Waals surface area contributed by atoms with E-state index in [4.69, 9.17) is 23.9 Å². The van der Waals surface area contributed by atoms with Gasteiger partial charge in [-0.15, -0.1) is 0 Å². The highest BCUT2D eigenvalue weighted by molar-refractivity contribution is 6.21. The number of anilines is 1. The van der Waals surface area contributed by atoms with Crippen LogP contribution in [0.4, 0.5) is 5.69 Å². The summed E-state index contributed by atoms with van der Waals surface area (Å²) in [6, 6.07) is -0.0726. The topological polar surface area (TPSA) is 241 Å². The lowest BCUT2D eigenvalue weighted by molar-refractivity contribution is -0.164. The number of phenolic OH excluding ortho intramolecular Hbond substituents is 2. The van der Waals surface area contributed by atoms with Crippen LogP contribution in [-0.2, 0) is 28.6 Å². The molecule has 6 N–H and O–H groups in total. The zero-order chi connectivity index (χ0) is 51.9. The second-order valence-electron chi connectivity index (χ2n) is 21.2. The van der Waals surface area contributed by atoms with E-state index < -0.39 is 101 Å². The van der Waals surface area contributed by atoms with Crippen molar-refractivity contribution >= 4 is 40.0 Å². The van der Waals surface area contributed by atoms with Gasteiger partial charge < -0.3 is 59.8 Å². The number of carbonyl (C=O) groups excluding carboxylic acids is 4. The third kappa shape index (κ3) is 10.9. The van der Waals surface area contributed by atoms with E-state index >= 15 is 0 Å². The Labute approximate surface area is 415 Å². The predicted molar refractivity (Wildman–Crippen MR) is 265 cm³/mol. The molecular weight excluding hydrogens is 913 g/mol. The Bertz CT molecular complexity index is 2610. The van der Waals surface area contributed by atoms with Gasteiger partial charge in [0.1, 0.15) is 40.4 Å². The zero-order valence-electron chi connectivity index (χ0n) is 43.1. The van der Waals surface area contributed by atoms with Crippen molar-refractivity contribution in [2.75, 3.05) is 52.2 Å². The van der Waals surface area contributed by atoms with E-state index in [9.17, 15) is 39.6 Å². The molecule has 2 saturated heterocycles. The van der Waals surface area contributed by atoms with Crippen molar-refractivity contribution in [1.29, 1.82) is 0 Å². The number of ether oxygens (including phenoxy) is 4. The number of carbonyl (C=O) groups is 4. The normalized spacial score (nSPS) is 31.5. The molecule has 388 valence electrons. The number of aliphatic hydroxyl groups excluding tert-OH is 2. The summed E-state index contributed by atoms with van der Waals surface area (Å²) >= 11 is 0. The molecule has 2 aromatic rings. The second-order valence-corrected chi connectivity index (χ2v) is 21.2. The number of benzene rings is 2. The van der Waals surface area contributed by atoms with Gasteiger partial charge in [0.15, 0.2) is 5.75 Å². The summed E-state index contributed by atoms with van der Waals surface area (Å²) in [6.45, 7) is 19.7. The Morgan fingerprint density at radius 2 is 1.62 bits per heavy atom. The van der Waals surface area contributed by atoms with Crippen molar-refractivity contribution in [2.24, 2.45) is 39.6 Å². The molecule has 9 atom stereocenters. The molecule has 71 heavy (non-hydrogen) atoms. The number of nitrogens with one attached hydrogen (secondary N) is 2. The van der Waals surface area contributed by atoms with E-state index in [0.29, 0.717) is 37.5 Å². The van der Waals surface area contributed by atoms with Crippen molar-refractivity contribution in [1.82, 2.24) is 15.1 Å². The number of aromatic hydroxyl groups is 2. The number of rotatable bonds is 7. The Morgan fingerprint density at radius 1 is 0.944 bits per heavy atom. The summed E-state index contributed by atoms with van der Waals surface area (Å²) in [5.41, 5.74) is -0.229. The number of methoxy groups -OCH3 is 1. The highest BCUT2D eigenvalue weighted by Gasteiger charge is 2.51. The molecular formula is C53H74N6O12. The molecule has 5 bridgehead atoms. The lowest BCUT2D eigenvalue weighted by Gasteiger charge is -2.38. The number of piperidine rings is 2. The maximum Gasteiger partial charge on any atom is 0.315 e. The molecule has 8 rings (SSSR count). The van der Waals surface area contributed by atoms with E-state index in [-0.39, 0.29) is 50.0 Å².